The first kappa shape index (κ1) is 4.64. The Morgan fingerprint density at radius 2 is 2.57 bits per heavy atom. The van der Waals surface area contributed by atoms with Crippen molar-refractivity contribution in [1.29, 1.82) is 0 Å². The molecule has 0 aliphatic rings. The zero-order valence-corrected chi connectivity index (χ0v) is 4.76. The van der Waals surface area contributed by atoms with Gasteiger partial charge in [0.1, 0.15) is 0 Å². The van der Waals surface area contributed by atoms with Gasteiger partial charge in [0, 0.05) is 0 Å². The molecule has 3 nitrogen and oxygen atoms in total. The van der Waals surface area contributed by atoms with E-state index < -0.39 is 0 Å². The van der Waals surface area contributed by atoms with Crippen LogP contribution in [0.5, 0.6) is 0 Å². The summed E-state index contributed by atoms with van der Waals surface area (Å²) in [7, 11) is 0. The van der Waals surface area contributed by atoms with E-state index in [1.165, 1.54) is 4.20 Å². The van der Waals surface area contributed by atoms with Gasteiger partial charge in [0.2, 0.25) is 0 Å². The standard InChI is InChI=1S/C3H5N3S/c1-3-2-4-6(7)5-3/h2,7H,1H3. The summed E-state index contributed by atoms with van der Waals surface area (Å²) in [4.78, 5) is 0. The fraction of sp³-hybridized carbons (Fsp3) is 0.333. The summed E-state index contributed by atoms with van der Waals surface area (Å²) in [6.45, 7) is 1.86. The Balaban J connectivity index is 3.04. The maximum Gasteiger partial charge on any atom is 0.0807 e. The molecule has 0 spiro atoms. The van der Waals surface area contributed by atoms with E-state index in [1.54, 1.807) is 6.20 Å². The molecular weight excluding hydrogens is 110 g/mol. The molecule has 0 aromatic carbocycles. The fourth-order valence-corrected chi connectivity index (χ4v) is 0.521. The Bertz CT molecular complexity index is 142. The van der Waals surface area contributed by atoms with Gasteiger partial charge >= 0.3 is 0 Å². The molecule has 7 heavy (non-hydrogen) atoms. The van der Waals surface area contributed by atoms with Crippen LogP contribution in [0, 0.1) is 6.92 Å². The Morgan fingerprint density at radius 3 is 2.71 bits per heavy atom. The number of rotatable bonds is 0. The number of hydrogen-bond donors (Lipinski definition) is 1. The molecule has 38 valence electrons. The maximum absolute atomic E-state index is 3.80. The minimum Gasteiger partial charge on any atom is -0.151 e. The summed E-state index contributed by atoms with van der Waals surface area (Å²) < 4.78 is 1.23. The quantitative estimate of drug-likeness (QED) is 0.492. The third-order valence-corrected chi connectivity index (χ3v) is 0.788. The van der Waals surface area contributed by atoms with Crippen molar-refractivity contribution in [3.63, 3.8) is 0 Å². The van der Waals surface area contributed by atoms with E-state index in [0.29, 0.717) is 0 Å². The van der Waals surface area contributed by atoms with Crippen LogP contribution in [-0.4, -0.2) is 14.4 Å². The van der Waals surface area contributed by atoms with Gasteiger partial charge in [0.05, 0.1) is 11.9 Å². The van der Waals surface area contributed by atoms with Gasteiger partial charge in [-0.2, -0.15) is 5.10 Å². The smallest absolute Gasteiger partial charge is 0.0807 e. The molecular formula is C3H5N3S. The van der Waals surface area contributed by atoms with Crippen LogP contribution in [0.25, 0.3) is 0 Å². The average Bonchev–Trinajstić information content (AvgIpc) is 1.87. The third kappa shape index (κ3) is 0.928. The first-order valence-corrected chi connectivity index (χ1v) is 2.27. The van der Waals surface area contributed by atoms with Gasteiger partial charge in [-0.15, -0.1) is 9.30 Å². The molecule has 0 bridgehead atoms. The number of aromatic nitrogens is 3. The average molecular weight is 115 g/mol. The van der Waals surface area contributed by atoms with Gasteiger partial charge in [0.25, 0.3) is 0 Å². The normalized spacial score (nSPS) is 9.43. The Hall–Kier alpha value is -0.510. The van der Waals surface area contributed by atoms with Crippen molar-refractivity contribution < 1.29 is 0 Å². The molecule has 0 fully saturated rings. The number of nitrogens with zero attached hydrogens (tertiary/aromatic N) is 3. The lowest BCUT2D eigenvalue weighted by molar-refractivity contribution is 0.863. The van der Waals surface area contributed by atoms with Crippen molar-refractivity contribution >= 4 is 12.8 Å². The Labute approximate surface area is 46.9 Å². The minimum absolute atomic E-state index is 0.884. The van der Waals surface area contributed by atoms with Crippen molar-refractivity contribution in [2.45, 2.75) is 6.92 Å². The molecule has 1 heterocycles. The third-order valence-electron chi connectivity index (χ3n) is 0.595. The van der Waals surface area contributed by atoms with Crippen LogP contribution in [0.4, 0.5) is 0 Å². The van der Waals surface area contributed by atoms with Gasteiger partial charge in [-0.25, -0.2) is 0 Å². The van der Waals surface area contributed by atoms with Gasteiger partial charge in [-0.1, -0.05) is 0 Å². The van der Waals surface area contributed by atoms with Crippen molar-refractivity contribution in [2.24, 2.45) is 0 Å². The lowest BCUT2D eigenvalue weighted by atomic mass is 10.6. The molecule has 0 radical (unpaired) electrons. The first-order chi connectivity index (χ1) is 3.29. The molecule has 0 atom stereocenters. The van der Waals surface area contributed by atoms with E-state index in [1.807, 2.05) is 6.92 Å². The lowest BCUT2D eigenvalue weighted by Gasteiger charge is -1.75. The van der Waals surface area contributed by atoms with Crippen molar-refractivity contribution in [1.82, 2.24) is 14.4 Å². The van der Waals surface area contributed by atoms with Gasteiger partial charge in [-0.05, 0) is 19.7 Å². The van der Waals surface area contributed by atoms with Crippen LogP contribution in [0.2, 0.25) is 0 Å². The molecule has 0 aliphatic heterocycles. The second kappa shape index (κ2) is 1.54. The monoisotopic (exact) mass is 115 g/mol. The zero-order chi connectivity index (χ0) is 5.28. The summed E-state index contributed by atoms with van der Waals surface area (Å²) in [5, 5.41) is 7.47. The second-order valence-electron chi connectivity index (χ2n) is 1.25. The number of thiol groups is 1. The van der Waals surface area contributed by atoms with Crippen molar-refractivity contribution in [2.75, 3.05) is 0 Å². The van der Waals surface area contributed by atoms with Crippen LogP contribution in [0.1, 0.15) is 5.69 Å². The van der Waals surface area contributed by atoms with Crippen LogP contribution in [0.3, 0.4) is 0 Å². The van der Waals surface area contributed by atoms with Crippen LogP contribution in [0.15, 0.2) is 6.20 Å². The molecule has 1 aromatic heterocycles. The van der Waals surface area contributed by atoms with Gasteiger partial charge in [-0.3, -0.25) is 0 Å². The van der Waals surface area contributed by atoms with E-state index in [9.17, 15) is 0 Å². The SMILES string of the molecule is Cc1cnn(S)n1. The predicted octanol–water partition coefficient (Wildman–Crippen LogP) is 0.279. The number of aryl methyl sites for hydroxylation is 1. The lowest BCUT2D eigenvalue weighted by Crippen LogP contribution is -1.82. The molecule has 0 N–H and O–H groups in total. The van der Waals surface area contributed by atoms with E-state index >= 15 is 0 Å². The summed E-state index contributed by atoms with van der Waals surface area (Å²) >= 11 is 3.80. The maximum atomic E-state index is 3.80. The Kier molecular flexibility index (Phi) is 1.02. The van der Waals surface area contributed by atoms with Crippen molar-refractivity contribution in [3.8, 4) is 0 Å². The summed E-state index contributed by atoms with van der Waals surface area (Å²) in [5.74, 6) is 0. The zero-order valence-electron chi connectivity index (χ0n) is 3.87. The number of hydrogen-bond acceptors (Lipinski definition) is 3. The first-order valence-electron chi connectivity index (χ1n) is 1.87. The minimum atomic E-state index is 0.884. The van der Waals surface area contributed by atoms with E-state index in [2.05, 4.69) is 23.0 Å². The molecule has 0 saturated carbocycles. The fourth-order valence-electron chi connectivity index (χ4n) is 0.328. The van der Waals surface area contributed by atoms with Gasteiger partial charge in [0.15, 0.2) is 0 Å². The molecule has 1 rings (SSSR count). The second-order valence-corrected chi connectivity index (χ2v) is 1.61. The van der Waals surface area contributed by atoms with Crippen LogP contribution < -0.4 is 0 Å². The van der Waals surface area contributed by atoms with E-state index in [4.69, 9.17) is 0 Å². The van der Waals surface area contributed by atoms with E-state index in [0.717, 1.165) is 5.69 Å². The largest absolute Gasteiger partial charge is 0.151 e. The summed E-state index contributed by atoms with van der Waals surface area (Å²) in [6.07, 6.45) is 1.65. The molecule has 0 amide bonds. The highest BCUT2D eigenvalue weighted by Crippen LogP contribution is 1.85. The summed E-state index contributed by atoms with van der Waals surface area (Å²) in [5.41, 5.74) is 0.884. The topological polar surface area (TPSA) is 30.7 Å². The summed E-state index contributed by atoms with van der Waals surface area (Å²) in [6, 6.07) is 0. The Morgan fingerprint density at radius 1 is 1.86 bits per heavy atom. The highest BCUT2D eigenvalue weighted by Gasteiger charge is 1.84. The van der Waals surface area contributed by atoms with Gasteiger partial charge < -0.3 is 0 Å². The molecule has 0 unspecified atom stereocenters. The molecule has 0 aliphatic carbocycles. The van der Waals surface area contributed by atoms with Crippen LogP contribution in [-0.2, 0) is 0 Å². The predicted molar refractivity (Wildman–Crippen MR) is 29.1 cm³/mol. The molecule has 0 saturated heterocycles. The van der Waals surface area contributed by atoms with Crippen molar-refractivity contribution in [3.05, 3.63) is 11.9 Å². The highest BCUT2D eigenvalue weighted by atomic mass is 32.1. The molecule has 4 heteroatoms. The van der Waals surface area contributed by atoms with Crippen LogP contribution >= 0.6 is 12.8 Å². The van der Waals surface area contributed by atoms with E-state index in [-0.39, 0.29) is 0 Å². The molecule has 1 aromatic rings. The highest BCUT2D eigenvalue weighted by molar-refractivity contribution is 7.78.